The highest BCUT2D eigenvalue weighted by molar-refractivity contribution is 7.91. The highest BCUT2D eigenvalue weighted by atomic mass is 32.2. The molecule has 5 nitrogen and oxygen atoms in total. The number of aryl methyl sites for hydroxylation is 1. The van der Waals surface area contributed by atoms with Crippen molar-refractivity contribution in [2.24, 2.45) is 5.73 Å². The van der Waals surface area contributed by atoms with Crippen molar-refractivity contribution in [2.75, 3.05) is 6.54 Å². The predicted octanol–water partition coefficient (Wildman–Crippen LogP) is 1.74. The van der Waals surface area contributed by atoms with Crippen LogP contribution >= 0.6 is 0 Å². The lowest BCUT2D eigenvalue weighted by Crippen LogP contribution is -2.14. The van der Waals surface area contributed by atoms with E-state index in [1.165, 1.54) is 0 Å². The Balaban J connectivity index is 2.11. The Morgan fingerprint density at radius 1 is 1.23 bits per heavy atom. The van der Waals surface area contributed by atoms with E-state index in [0.717, 1.165) is 17.7 Å². The quantitative estimate of drug-likeness (QED) is 0.880. The minimum absolute atomic E-state index is 0.323. The van der Waals surface area contributed by atoms with Crippen LogP contribution in [0, 0.1) is 0 Å². The second-order valence-corrected chi connectivity index (χ2v) is 7.14. The largest absolute Gasteiger partial charge is 0.387 e. The third kappa shape index (κ3) is 2.55. The summed E-state index contributed by atoms with van der Waals surface area (Å²) in [5, 5.41) is 3.09. The molecule has 116 valence electrons. The van der Waals surface area contributed by atoms with Gasteiger partial charge in [0.2, 0.25) is 9.84 Å². The van der Waals surface area contributed by atoms with Crippen LogP contribution in [0.15, 0.2) is 52.5 Å². The Bertz CT molecular complexity index is 792. The molecule has 1 aliphatic rings. The van der Waals surface area contributed by atoms with Crippen molar-refractivity contribution in [1.82, 2.24) is 9.88 Å². The lowest BCUT2D eigenvalue weighted by atomic mass is 10.2. The molecule has 0 saturated carbocycles. The third-order valence-electron chi connectivity index (χ3n) is 3.77. The molecule has 0 fully saturated rings. The summed E-state index contributed by atoms with van der Waals surface area (Å²) in [6, 6.07) is 8.55. The Kier molecular flexibility index (Phi) is 4.04. The summed E-state index contributed by atoms with van der Waals surface area (Å²) in [4.78, 5) is 0.700. The van der Waals surface area contributed by atoms with Crippen LogP contribution in [0.2, 0.25) is 0 Å². The number of nitrogens with two attached hydrogens (primary N) is 1. The second-order valence-electron chi connectivity index (χ2n) is 5.22. The predicted molar refractivity (Wildman–Crippen MR) is 85.9 cm³/mol. The first-order valence-electron chi connectivity index (χ1n) is 7.27. The van der Waals surface area contributed by atoms with Gasteiger partial charge in [-0.25, -0.2) is 8.42 Å². The molecule has 3 N–H and O–H groups in total. The van der Waals surface area contributed by atoms with E-state index in [1.54, 1.807) is 30.5 Å². The molecule has 0 amide bonds. The van der Waals surface area contributed by atoms with Gasteiger partial charge >= 0.3 is 0 Å². The van der Waals surface area contributed by atoms with Gasteiger partial charge in [0.1, 0.15) is 0 Å². The second kappa shape index (κ2) is 5.98. The molecule has 1 aromatic heterocycles. The van der Waals surface area contributed by atoms with Crippen LogP contribution in [0.25, 0.3) is 6.08 Å². The number of benzene rings is 1. The van der Waals surface area contributed by atoms with E-state index >= 15 is 0 Å². The summed E-state index contributed by atoms with van der Waals surface area (Å²) >= 11 is 0. The molecule has 0 radical (unpaired) electrons. The normalized spacial score (nSPS) is 13.7. The van der Waals surface area contributed by atoms with Gasteiger partial charge in [0, 0.05) is 30.5 Å². The minimum atomic E-state index is -3.51. The molecule has 0 bridgehead atoms. The van der Waals surface area contributed by atoms with Crippen LogP contribution in [-0.2, 0) is 22.9 Å². The van der Waals surface area contributed by atoms with Gasteiger partial charge in [0.15, 0.2) is 0 Å². The minimum Gasteiger partial charge on any atom is -0.387 e. The van der Waals surface area contributed by atoms with Gasteiger partial charge in [0.05, 0.1) is 9.79 Å². The highest BCUT2D eigenvalue weighted by Gasteiger charge is 2.26. The molecule has 3 rings (SSSR count). The van der Waals surface area contributed by atoms with E-state index in [4.69, 9.17) is 5.73 Å². The zero-order valence-corrected chi connectivity index (χ0v) is 13.0. The van der Waals surface area contributed by atoms with Crippen LogP contribution in [0.1, 0.15) is 17.7 Å². The molecule has 0 saturated heterocycles. The van der Waals surface area contributed by atoms with E-state index in [-0.39, 0.29) is 0 Å². The molecule has 0 spiro atoms. The lowest BCUT2D eigenvalue weighted by molar-refractivity contribution is 0.593. The average Bonchev–Trinajstić information content (AvgIpc) is 2.93. The zero-order valence-electron chi connectivity index (χ0n) is 12.2. The molecule has 6 heteroatoms. The number of hydrogen-bond acceptors (Lipinski definition) is 4. The van der Waals surface area contributed by atoms with Crippen molar-refractivity contribution < 1.29 is 8.42 Å². The first kappa shape index (κ1) is 14.9. The van der Waals surface area contributed by atoms with Crippen LogP contribution in [-0.4, -0.2) is 19.5 Å². The van der Waals surface area contributed by atoms with Gasteiger partial charge in [-0.1, -0.05) is 18.2 Å². The fraction of sp³-hybridized carbons (Fsp3) is 0.250. The van der Waals surface area contributed by atoms with Crippen molar-refractivity contribution >= 4 is 15.9 Å². The number of nitrogens with zero attached hydrogens (tertiary/aromatic N) is 1. The fourth-order valence-corrected chi connectivity index (χ4v) is 4.20. The number of fused-ring (bicyclic) bond motifs is 1. The van der Waals surface area contributed by atoms with Crippen LogP contribution < -0.4 is 11.1 Å². The molecule has 22 heavy (non-hydrogen) atoms. The first-order valence-corrected chi connectivity index (χ1v) is 8.75. The highest BCUT2D eigenvalue weighted by Crippen LogP contribution is 2.30. The van der Waals surface area contributed by atoms with E-state index in [2.05, 4.69) is 5.32 Å². The first-order chi connectivity index (χ1) is 10.6. The monoisotopic (exact) mass is 317 g/mol. The van der Waals surface area contributed by atoms with Crippen molar-refractivity contribution in [3.63, 3.8) is 0 Å². The summed E-state index contributed by atoms with van der Waals surface area (Å²) in [7, 11) is -3.51. The van der Waals surface area contributed by atoms with Crippen LogP contribution in [0.4, 0.5) is 0 Å². The molecule has 0 atom stereocenters. The molecule has 2 aromatic rings. The summed E-state index contributed by atoms with van der Waals surface area (Å²) < 4.78 is 27.8. The summed E-state index contributed by atoms with van der Waals surface area (Å²) in [6.45, 7) is 1.81. The molecule has 0 unspecified atom stereocenters. The standard InChI is InChI=1S/C16H19N3O2S/c17-8-4-10-19-12-16(14-11-18-9-7-15(14)19)22(20,21)13-5-2-1-3-6-13/h1-3,5-7,9,12,18H,4,8,10-11,17H2. The molecule has 0 aliphatic carbocycles. The average molecular weight is 317 g/mol. The van der Waals surface area contributed by atoms with Gasteiger partial charge in [0.25, 0.3) is 0 Å². The topological polar surface area (TPSA) is 77.1 Å². The van der Waals surface area contributed by atoms with Gasteiger partial charge in [-0.05, 0) is 37.4 Å². The maximum atomic E-state index is 12.9. The van der Waals surface area contributed by atoms with Crippen molar-refractivity contribution in [3.8, 4) is 0 Å². The van der Waals surface area contributed by atoms with E-state index in [9.17, 15) is 8.42 Å². The maximum absolute atomic E-state index is 12.9. The smallest absolute Gasteiger partial charge is 0.208 e. The molecule has 1 aromatic carbocycles. The zero-order chi connectivity index (χ0) is 15.6. The Morgan fingerprint density at radius 2 is 2.00 bits per heavy atom. The molecular formula is C16H19N3O2S. The summed E-state index contributed by atoms with van der Waals surface area (Å²) in [5.74, 6) is 0. The SMILES string of the molecule is NCCCn1cc(S(=O)(=O)c2ccccc2)c2c1C=CNC2. The lowest BCUT2D eigenvalue weighted by Gasteiger charge is -2.12. The van der Waals surface area contributed by atoms with Crippen molar-refractivity contribution in [3.05, 3.63) is 54.0 Å². The fourth-order valence-electron chi connectivity index (χ4n) is 2.67. The van der Waals surface area contributed by atoms with E-state index in [0.29, 0.717) is 29.4 Å². The van der Waals surface area contributed by atoms with Crippen LogP contribution in [0.5, 0.6) is 0 Å². The van der Waals surface area contributed by atoms with Crippen LogP contribution in [0.3, 0.4) is 0 Å². The Hall–Kier alpha value is -2.05. The summed E-state index contributed by atoms with van der Waals surface area (Å²) in [6.07, 6.45) is 6.31. The number of nitrogens with one attached hydrogen (secondary N) is 1. The molecule has 2 heterocycles. The third-order valence-corrected chi connectivity index (χ3v) is 5.60. The maximum Gasteiger partial charge on any atom is 0.208 e. The Morgan fingerprint density at radius 3 is 2.73 bits per heavy atom. The summed E-state index contributed by atoms with van der Waals surface area (Å²) in [5.41, 5.74) is 7.34. The van der Waals surface area contributed by atoms with Gasteiger partial charge in [-0.2, -0.15) is 0 Å². The number of aromatic nitrogens is 1. The van der Waals surface area contributed by atoms with E-state index in [1.807, 2.05) is 22.9 Å². The van der Waals surface area contributed by atoms with Crippen molar-refractivity contribution in [2.45, 2.75) is 29.3 Å². The number of hydrogen-bond donors (Lipinski definition) is 2. The van der Waals surface area contributed by atoms with Gasteiger partial charge < -0.3 is 15.6 Å². The Labute approximate surface area is 130 Å². The van der Waals surface area contributed by atoms with Crippen molar-refractivity contribution in [1.29, 1.82) is 0 Å². The van der Waals surface area contributed by atoms with E-state index < -0.39 is 9.84 Å². The van der Waals surface area contributed by atoms with Gasteiger partial charge in [-0.15, -0.1) is 0 Å². The number of sulfone groups is 1. The molecular weight excluding hydrogens is 298 g/mol. The van der Waals surface area contributed by atoms with Gasteiger partial charge in [-0.3, -0.25) is 0 Å². The molecule has 1 aliphatic heterocycles. The number of rotatable bonds is 5.